The fourth-order valence-electron chi connectivity index (χ4n) is 2.65. The lowest BCUT2D eigenvalue weighted by Gasteiger charge is -2.17. The number of hydrogen-bond donors (Lipinski definition) is 2. The van der Waals surface area contributed by atoms with Crippen LogP contribution in [0.5, 0.6) is 0 Å². The van der Waals surface area contributed by atoms with Crippen LogP contribution in [0.2, 0.25) is 0 Å². The van der Waals surface area contributed by atoms with Gasteiger partial charge in [-0.15, -0.1) is 0 Å². The maximum absolute atomic E-state index is 12.1. The highest BCUT2D eigenvalue weighted by Gasteiger charge is 2.17. The number of carbonyl (C=O) groups excluding carboxylic acids is 1. The van der Waals surface area contributed by atoms with Crippen molar-refractivity contribution in [3.05, 3.63) is 36.4 Å². The van der Waals surface area contributed by atoms with E-state index in [1.165, 1.54) is 0 Å². The van der Waals surface area contributed by atoms with Gasteiger partial charge in [0.15, 0.2) is 0 Å². The molecule has 0 spiro atoms. The summed E-state index contributed by atoms with van der Waals surface area (Å²) in [5.41, 5.74) is 1.82. The Balaban J connectivity index is 1.69. The SMILES string of the molecule is CCN(CC)CCNC(=O)c1nc(-c2cccc3[nH]ccc23)no1. The molecular weight excluding hydrogens is 306 g/mol. The molecule has 2 heterocycles. The van der Waals surface area contributed by atoms with Crippen LogP contribution in [0.3, 0.4) is 0 Å². The van der Waals surface area contributed by atoms with Crippen LogP contribution in [-0.2, 0) is 0 Å². The monoisotopic (exact) mass is 327 g/mol. The molecule has 0 aliphatic heterocycles. The van der Waals surface area contributed by atoms with E-state index in [4.69, 9.17) is 4.52 Å². The van der Waals surface area contributed by atoms with Crippen LogP contribution < -0.4 is 5.32 Å². The van der Waals surface area contributed by atoms with Crippen LogP contribution in [0.1, 0.15) is 24.5 Å². The Morgan fingerprint density at radius 3 is 2.92 bits per heavy atom. The van der Waals surface area contributed by atoms with Crippen LogP contribution >= 0.6 is 0 Å². The molecule has 2 N–H and O–H groups in total. The molecule has 7 heteroatoms. The molecule has 24 heavy (non-hydrogen) atoms. The van der Waals surface area contributed by atoms with Crippen molar-refractivity contribution >= 4 is 16.8 Å². The first-order chi connectivity index (χ1) is 11.7. The maximum atomic E-state index is 12.1. The zero-order valence-corrected chi connectivity index (χ0v) is 13.9. The molecule has 3 rings (SSSR count). The third kappa shape index (κ3) is 3.30. The van der Waals surface area contributed by atoms with Gasteiger partial charge in [-0.3, -0.25) is 4.79 Å². The molecule has 0 aliphatic carbocycles. The molecule has 1 aromatic carbocycles. The average Bonchev–Trinajstić information content (AvgIpc) is 3.27. The first-order valence-electron chi connectivity index (χ1n) is 8.13. The van der Waals surface area contributed by atoms with Gasteiger partial charge in [0.05, 0.1) is 0 Å². The van der Waals surface area contributed by atoms with E-state index in [-0.39, 0.29) is 11.8 Å². The molecule has 0 aliphatic rings. The third-order valence-corrected chi connectivity index (χ3v) is 4.06. The fourth-order valence-corrected chi connectivity index (χ4v) is 2.65. The Kier molecular flexibility index (Phi) is 4.90. The number of nitrogens with zero attached hydrogens (tertiary/aromatic N) is 3. The van der Waals surface area contributed by atoms with Gasteiger partial charge in [0.2, 0.25) is 5.82 Å². The smallest absolute Gasteiger partial charge is 0.316 e. The summed E-state index contributed by atoms with van der Waals surface area (Å²) in [5, 5.41) is 7.75. The standard InChI is InChI=1S/C17H21N5O2/c1-3-22(4-2)11-10-19-16(23)17-20-15(21-24-17)13-6-5-7-14-12(13)8-9-18-14/h5-9,18H,3-4,10-11H2,1-2H3,(H,19,23). The molecule has 2 aromatic heterocycles. The van der Waals surface area contributed by atoms with Crippen molar-refractivity contribution < 1.29 is 9.32 Å². The van der Waals surface area contributed by atoms with Gasteiger partial charge < -0.3 is 19.7 Å². The molecule has 3 aromatic rings. The number of benzene rings is 1. The van der Waals surface area contributed by atoms with Crippen molar-refractivity contribution in [1.82, 2.24) is 25.3 Å². The highest BCUT2D eigenvalue weighted by Crippen LogP contribution is 2.25. The second kappa shape index (κ2) is 7.27. The van der Waals surface area contributed by atoms with Crippen molar-refractivity contribution in [1.29, 1.82) is 0 Å². The predicted octanol–water partition coefficient (Wildman–Crippen LogP) is 2.29. The van der Waals surface area contributed by atoms with Crippen molar-refractivity contribution in [2.45, 2.75) is 13.8 Å². The zero-order valence-electron chi connectivity index (χ0n) is 13.9. The van der Waals surface area contributed by atoms with Crippen LogP contribution in [0, 0.1) is 0 Å². The van der Waals surface area contributed by atoms with Crippen LogP contribution in [0.4, 0.5) is 0 Å². The average molecular weight is 327 g/mol. The van der Waals surface area contributed by atoms with E-state index in [2.05, 4.69) is 39.2 Å². The minimum Gasteiger partial charge on any atom is -0.361 e. The van der Waals surface area contributed by atoms with E-state index in [0.29, 0.717) is 12.4 Å². The van der Waals surface area contributed by atoms with Crippen molar-refractivity contribution in [3.63, 3.8) is 0 Å². The van der Waals surface area contributed by atoms with Gasteiger partial charge in [0, 0.05) is 35.8 Å². The molecule has 1 amide bonds. The van der Waals surface area contributed by atoms with Crippen LogP contribution in [0.15, 0.2) is 35.0 Å². The Hall–Kier alpha value is -2.67. The Morgan fingerprint density at radius 1 is 1.29 bits per heavy atom. The van der Waals surface area contributed by atoms with Gasteiger partial charge in [-0.2, -0.15) is 4.98 Å². The highest BCUT2D eigenvalue weighted by atomic mass is 16.5. The van der Waals surface area contributed by atoms with Gasteiger partial charge >= 0.3 is 11.8 Å². The third-order valence-electron chi connectivity index (χ3n) is 4.06. The van der Waals surface area contributed by atoms with E-state index in [9.17, 15) is 4.79 Å². The molecule has 0 atom stereocenters. The molecular formula is C17H21N5O2. The summed E-state index contributed by atoms with van der Waals surface area (Å²) >= 11 is 0. The molecule has 0 saturated heterocycles. The number of hydrogen-bond acceptors (Lipinski definition) is 5. The van der Waals surface area contributed by atoms with Gasteiger partial charge in [-0.1, -0.05) is 31.1 Å². The number of aromatic nitrogens is 3. The molecule has 0 bridgehead atoms. The molecule has 0 fully saturated rings. The summed E-state index contributed by atoms with van der Waals surface area (Å²) < 4.78 is 5.12. The minimum atomic E-state index is -0.345. The molecule has 0 radical (unpaired) electrons. The van der Waals surface area contributed by atoms with Crippen LogP contribution in [-0.4, -0.2) is 52.1 Å². The largest absolute Gasteiger partial charge is 0.361 e. The molecule has 0 saturated carbocycles. The Morgan fingerprint density at radius 2 is 2.12 bits per heavy atom. The summed E-state index contributed by atoms with van der Waals surface area (Å²) in [7, 11) is 0. The molecule has 7 nitrogen and oxygen atoms in total. The van der Waals surface area contributed by atoms with Gasteiger partial charge in [0.25, 0.3) is 0 Å². The summed E-state index contributed by atoms with van der Waals surface area (Å²) in [4.78, 5) is 21.7. The number of aromatic amines is 1. The summed E-state index contributed by atoms with van der Waals surface area (Å²) in [5.74, 6) is 0.0494. The number of fused-ring (bicyclic) bond motifs is 1. The van der Waals surface area contributed by atoms with Gasteiger partial charge in [0.1, 0.15) is 0 Å². The number of carbonyl (C=O) groups is 1. The summed E-state index contributed by atoms with van der Waals surface area (Å²) in [6.45, 7) is 7.44. The Bertz CT molecular complexity index is 819. The highest BCUT2D eigenvalue weighted by molar-refractivity contribution is 5.94. The normalized spacial score (nSPS) is 11.3. The van der Waals surface area contributed by atoms with E-state index >= 15 is 0 Å². The number of rotatable bonds is 7. The Labute approximate surface area is 140 Å². The zero-order chi connectivity index (χ0) is 16.9. The lowest BCUT2D eigenvalue weighted by Crippen LogP contribution is -2.34. The lowest BCUT2D eigenvalue weighted by molar-refractivity contribution is 0.0905. The number of nitrogens with one attached hydrogen (secondary N) is 2. The van der Waals surface area contributed by atoms with E-state index in [1.807, 2.05) is 30.5 Å². The number of amides is 1. The number of H-pyrrole nitrogens is 1. The summed E-state index contributed by atoms with van der Waals surface area (Å²) in [6, 6.07) is 7.74. The maximum Gasteiger partial charge on any atom is 0.316 e. The second-order valence-corrected chi connectivity index (χ2v) is 5.45. The summed E-state index contributed by atoms with van der Waals surface area (Å²) in [6.07, 6.45) is 1.86. The van der Waals surface area contributed by atoms with Crippen molar-refractivity contribution in [2.24, 2.45) is 0 Å². The topological polar surface area (TPSA) is 87.0 Å². The van der Waals surface area contributed by atoms with Crippen molar-refractivity contribution in [3.8, 4) is 11.4 Å². The first kappa shape index (κ1) is 16.2. The fraction of sp³-hybridized carbons (Fsp3) is 0.353. The molecule has 126 valence electrons. The number of likely N-dealkylation sites (N-methyl/N-ethyl adjacent to an activating group) is 1. The van der Waals surface area contributed by atoms with Gasteiger partial charge in [-0.25, -0.2) is 0 Å². The molecule has 0 unspecified atom stereocenters. The first-order valence-corrected chi connectivity index (χ1v) is 8.13. The minimum absolute atomic E-state index is 0.0166. The predicted molar refractivity (Wildman–Crippen MR) is 91.7 cm³/mol. The lowest BCUT2D eigenvalue weighted by atomic mass is 10.1. The van der Waals surface area contributed by atoms with E-state index < -0.39 is 0 Å². The van der Waals surface area contributed by atoms with E-state index in [0.717, 1.165) is 36.1 Å². The second-order valence-electron chi connectivity index (χ2n) is 5.45. The van der Waals surface area contributed by atoms with Crippen molar-refractivity contribution in [2.75, 3.05) is 26.2 Å². The van der Waals surface area contributed by atoms with Gasteiger partial charge in [-0.05, 0) is 25.2 Å². The quantitative estimate of drug-likeness (QED) is 0.695. The van der Waals surface area contributed by atoms with Crippen LogP contribution in [0.25, 0.3) is 22.3 Å². The van der Waals surface area contributed by atoms with E-state index in [1.54, 1.807) is 0 Å².